The van der Waals surface area contributed by atoms with E-state index in [1.54, 1.807) is 14.2 Å². The van der Waals surface area contributed by atoms with E-state index in [-0.39, 0.29) is 0 Å². The molecule has 2 nitrogen and oxygen atoms in total. The van der Waals surface area contributed by atoms with Gasteiger partial charge in [-0.25, -0.2) is 0 Å². The highest BCUT2D eigenvalue weighted by atomic mass is 16.5. The van der Waals surface area contributed by atoms with Crippen molar-refractivity contribution in [2.24, 2.45) is 5.92 Å². The van der Waals surface area contributed by atoms with Crippen molar-refractivity contribution in [1.29, 1.82) is 0 Å². The van der Waals surface area contributed by atoms with Crippen LogP contribution in [0.15, 0.2) is 61.2 Å². The molecule has 0 aliphatic rings. The van der Waals surface area contributed by atoms with Crippen molar-refractivity contribution in [3.8, 4) is 11.5 Å². The lowest BCUT2D eigenvalue weighted by Gasteiger charge is -2.14. The molecule has 0 N–H and O–H groups in total. The summed E-state index contributed by atoms with van der Waals surface area (Å²) >= 11 is 0. The Morgan fingerprint density at radius 3 is 2.32 bits per heavy atom. The van der Waals surface area contributed by atoms with Crippen molar-refractivity contribution in [3.63, 3.8) is 0 Å². The van der Waals surface area contributed by atoms with Crippen LogP contribution in [0.2, 0.25) is 0 Å². The molecule has 0 spiro atoms. The van der Waals surface area contributed by atoms with Crippen LogP contribution in [0.4, 0.5) is 0 Å². The minimum absolute atomic E-state index is 0.457. The summed E-state index contributed by atoms with van der Waals surface area (Å²) < 4.78 is 10.7. The summed E-state index contributed by atoms with van der Waals surface area (Å²) in [4.78, 5) is 0. The maximum absolute atomic E-state index is 5.37. The van der Waals surface area contributed by atoms with Gasteiger partial charge in [0.2, 0.25) is 0 Å². The maximum Gasteiger partial charge on any atom is 0.160 e. The van der Waals surface area contributed by atoms with Crippen LogP contribution in [-0.4, -0.2) is 14.2 Å². The van der Waals surface area contributed by atoms with Crippen LogP contribution in [0.1, 0.15) is 17.5 Å². The lowest BCUT2D eigenvalue weighted by molar-refractivity contribution is 0.354. The Labute approximate surface area is 133 Å². The van der Waals surface area contributed by atoms with Crippen LogP contribution >= 0.6 is 0 Å². The fraction of sp³-hybridized carbons (Fsp3) is 0.300. The number of ether oxygens (including phenoxy) is 2. The smallest absolute Gasteiger partial charge is 0.160 e. The molecule has 22 heavy (non-hydrogen) atoms. The molecule has 116 valence electrons. The molecule has 0 aromatic heterocycles. The molecule has 0 saturated heterocycles. The van der Waals surface area contributed by atoms with Crippen LogP contribution in [0.5, 0.6) is 11.5 Å². The monoisotopic (exact) mass is 296 g/mol. The quantitative estimate of drug-likeness (QED) is 0.658. The van der Waals surface area contributed by atoms with Crippen molar-refractivity contribution in [2.75, 3.05) is 14.2 Å². The maximum atomic E-state index is 5.37. The van der Waals surface area contributed by atoms with Gasteiger partial charge in [-0.15, -0.1) is 6.58 Å². The van der Waals surface area contributed by atoms with E-state index in [2.05, 4.69) is 55.1 Å². The topological polar surface area (TPSA) is 18.5 Å². The summed E-state index contributed by atoms with van der Waals surface area (Å²) in [5.74, 6) is 2.01. The van der Waals surface area contributed by atoms with E-state index >= 15 is 0 Å². The molecule has 0 unspecified atom stereocenters. The van der Waals surface area contributed by atoms with E-state index in [0.29, 0.717) is 5.92 Å². The lowest BCUT2D eigenvalue weighted by atomic mass is 9.93. The number of benzene rings is 2. The molecular weight excluding hydrogens is 272 g/mol. The summed E-state index contributed by atoms with van der Waals surface area (Å²) in [6.07, 6.45) is 5.20. The van der Waals surface area contributed by atoms with E-state index in [9.17, 15) is 0 Å². The van der Waals surface area contributed by atoms with E-state index in [4.69, 9.17) is 9.47 Å². The summed E-state index contributed by atoms with van der Waals surface area (Å²) in [5.41, 5.74) is 2.62. The van der Waals surface area contributed by atoms with E-state index in [1.807, 2.05) is 6.07 Å². The first-order valence-electron chi connectivity index (χ1n) is 7.64. The highest BCUT2D eigenvalue weighted by Crippen LogP contribution is 2.29. The van der Waals surface area contributed by atoms with Gasteiger partial charge in [0.05, 0.1) is 14.2 Å². The van der Waals surface area contributed by atoms with Gasteiger partial charge in [-0.2, -0.15) is 0 Å². The molecule has 0 radical (unpaired) electrons. The molecule has 2 rings (SSSR count). The molecule has 0 aliphatic heterocycles. The van der Waals surface area contributed by atoms with Gasteiger partial charge in [0.25, 0.3) is 0 Å². The van der Waals surface area contributed by atoms with Gasteiger partial charge in [0, 0.05) is 0 Å². The van der Waals surface area contributed by atoms with Crippen molar-refractivity contribution >= 4 is 0 Å². The molecule has 0 bridgehead atoms. The Hall–Kier alpha value is -2.22. The summed E-state index contributed by atoms with van der Waals surface area (Å²) in [5, 5.41) is 0. The van der Waals surface area contributed by atoms with Crippen molar-refractivity contribution in [2.45, 2.75) is 19.3 Å². The molecule has 2 aromatic rings. The Balaban J connectivity index is 1.99. The van der Waals surface area contributed by atoms with Crippen LogP contribution in [0.25, 0.3) is 0 Å². The van der Waals surface area contributed by atoms with Crippen LogP contribution in [0, 0.1) is 5.92 Å². The number of aryl methyl sites for hydroxylation is 1. The van der Waals surface area contributed by atoms with Crippen LogP contribution in [-0.2, 0) is 12.8 Å². The Morgan fingerprint density at radius 2 is 1.68 bits per heavy atom. The minimum Gasteiger partial charge on any atom is -0.493 e. The van der Waals surface area contributed by atoms with Crippen LogP contribution in [0.3, 0.4) is 0 Å². The molecule has 2 aromatic carbocycles. The second kappa shape index (κ2) is 8.28. The summed E-state index contributed by atoms with van der Waals surface area (Å²) in [7, 11) is 3.33. The predicted octanol–water partition coefficient (Wildman–Crippen LogP) is 4.68. The van der Waals surface area contributed by atoms with Gasteiger partial charge in [0.1, 0.15) is 0 Å². The SMILES string of the molecule is C=C[C@H](CCc1ccccc1)Cc1ccc(OC)c(OC)c1. The molecule has 2 heteroatoms. The fourth-order valence-electron chi connectivity index (χ4n) is 2.61. The van der Waals surface area contributed by atoms with Crippen molar-refractivity contribution in [3.05, 3.63) is 72.3 Å². The number of rotatable bonds is 8. The number of hydrogen-bond acceptors (Lipinski definition) is 2. The second-order valence-corrected chi connectivity index (χ2v) is 5.41. The Bertz CT molecular complexity index is 590. The molecule has 0 saturated carbocycles. The van der Waals surface area contributed by atoms with E-state index in [1.165, 1.54) is 11.1 Å². The average molecular weight is 296 g/mol. The zero-order chi connectivity index (χ0) is 15.8. The first kappa shape index (κ1) is 16.2. The van der Waals surface area contributed by atoms with E-state index in [0.717, 1.165) is 30.8 Å². The highest BCUT2D eigenvalue weighted by Gasteiger charge is 2.09. The highest BCUT2D eigenvalue weighted by molar-refractivity contribution is 5.43. The van der Waals surface area contributed by atoms with Gasteiger partial charge < -0.3 is 9.47 Å². The molecule has 0 aliphatic carbocycles. The molecule has 0 heterocycles. The Morgan fingerprint density at radius 1 is 0.955 bits per heavy atom. The van der Waals surface area contributed by atoms with Gasteiger partial charge >= 0.3 is 0 Å². The van der Waals surface area contributed by atoms with Crippen molar-refractivity contribution in [1.82, 2.24) is 0 Å². The largest absolute Gasteiger partial charge is 0.493 e. The van der Waals surface area contributed by atoms with Gasteiger partial charge in [-0.05, 0) is 48.4 Å². The standard InChI is InChI=1S/C20H24O2/c1-4-16(10-11-17-8-6-5-7-9-17)14-18-12-13-19(21-2)20(15-18)22-3/h4-9,12-13,15-16H,1,10-11,14H2,2-3H3/t16-/m1/s1. The third-order valence-corrected chi connectivity index (χ3v) is 3.93. The lowest BCUT2D eigenvalue weighted by Crippen LogP contribution is -2.04. The Kier molecular flexibility index (Phi) is 6.08. The zero-order valence-electron chi connectivity index (χ0n) is 13.4. The van der Waals surface area contributed by atoms with E-state index < -0.39 is 0 Å². The third-order valence-electron chi connectivity index (χ3n) is 3.93. The second-order valence-electron chi connectivity index (χ2n) is 5.41. The number of methoxy groups -OCH3 is 2. The van der Waals surface area contributed by atoms with Gasteiger partial charge in [-0.1, -0.05) is 42.5 Å². The first-order valence-corrected chi connectivity index (χ1v) is 7.64. The predicted molar refractivity (Wildman–Crippen MR) is 91.7 cm³/mol. The van der Waals surface area contributed by atoms with Crippen molar-refractivity contribution < 1.29 is 9.47 Å². The van der Waals surface area contributed by atoms with Gasteiger partial charge in [-0.3, -0.25) is 0 Å². The zero-order valence-corrected chi connectivity index (χ0v) is 13.4. The minimum atomic E-state index is 0.457. The number of allylic oxidation sites excluding steroid dienone is 1. The molecule has 0 amide bonds. The average Bonchev–Trinajstić information content (AvgIpc) is 2.59. The van der Waals surface area contributed by atoms with Gasteiger partial charge in [0.15, 0.2) is 11.5 Å². The third kappa shape index (κ3) is 4.39. The molecular formula is C20H24O2. The normalized spacial score (nSPS) is 11.7. The number of hydrogen-bond donors (Lipinski definition) is 0. The fourth-order valence-corrected chi connectivity index (χ4v) is 2.61. The first-order chi connectivity index (χ1) is 10.8. The molecule has 1 atom stereocenters. The summed E-state index contributed by atoms with van der Waals surface area (Å²) in [6, 6.07) is 16.7. The summed E-state index contributed by atoms with van der Waals surface area (Å²) in [6.45, 7) is 3.99. The van der Waals surface area contributed by atoms with Crippen LogP contribution < -0.4 is 9.47 Å². The molecule has 0 fully saturated rings.